The molecule has 0 saturated carbocycles. The highest BCUT2D eigenvalue weighted by atomic mass is 16.5. The molecule has 0 aliphatic rings. The average molecular weight is 220 g/mol. The number of rotatable bonds is 6. The Kier molecular flexibility index (Phi) is 4.73. The zero-order valence-corrected chi connectivity index (χ0v) is 9.35. The van der Waals surface area contributed by atoms with Gasteiger partial charge in [0.05, 0.1) is 11.7 Å². The Balaban J connectivity index is 2.86. The van der Waals surface area contributed by atoms with Gasteiger partial charge in [0.15, 0.2) is 0 Å². The van der Waals surface area contributed by atoms with Crippen LogP contribution in [-0.2, 0) is 11.2 Å². The lowest BCUT2D eigenvalue weighted by Gasteiger charge is -2.14. The molecule has 0 saturated heterocycles. The van der Waals surface area contributed by atoms with Crippen molar-refractivity contribution in [1.29, 1.82) is 0 Å². The number of methoxy groups -OCH3 is 1. The van der Waals surface area contributed by atoms with Gasteiger partial charge in [0, 0.05) is 7.11 Å². The lowest BCUT2D eigenvalue weighted by Crippen LogP contribution is -2.15. The highest BCUT2D eigenvalue weighted by Crippen LogP contribution is 2.14. The first-order chi connectivity index (χ1) is 7.69. The average Bonchev–Trinajstić information content (AvgIpc) is 2.29. The summed E-state index contributed by atoms with van der Waals surface area (Å²) >= 11 is 0. The maximum absolute atomic E-state index is 11.0. The number of hydrogen-bond acceptors (Lipinski definition) is 2. The van der Waals surface area contributed by atoms with Crippen LogP contribution in [0.3, 0.4) is 0 Å². The summed E-state index contributed by atoms with van der Waals surface area (Å²) in [6.07, 6.45) is 3.06. The summed E-state index contributed by atoms with van der Waals surface area (Å²) in [5.41, 5.74) is 1.14. The van der Waals surface area contributed by atoms with E-state index in [-0.39, 0.29) is 6.10 Å². The van der Waals surface area contributed by atoms with Crippen LogP contribution in [0.2, 0.25) is 0 Å². The third kappa shape index (κ3) is 3.21. The highest BCUT2D eigenvalue weighted by Gasteiger charge is 2.13. The number of carbonyl (C=O) groups is 1. The van der Waals surface area contributed by atoms with Crippen LogP contribution in [0, 0.1) is 0 Å². The molecule has 1 aromatic rings. The van der Waals surface area contributed by atoms with Crippen molar-refractivity contribution in [3.63, 3.8) is 0 Å². The van der Waals surface area contributed by atoms with Crippen molar-refractivity contribution in [2.45, 2.75) is 18.9 Å². The predicted octanol–water partition coefficient (Wildman–Crippen LogP) is 2.52. The van der Waals surface area contributed by atoms with Gasteiger partial charge >= 0.3 is 5.97 Å². The molecule has 0 radical (unpaired) electrons. The minimum absolute atomic E-state index is 0.0157. The molecule has 86 valence electrons. The Morgan fingerprint density at radius 1 is 1.56 bits per heavy atom. The van der Waals surface area contributed by atoms with Crippen LogP contribution >= 0.6 is 0 Å². The molecule has 1 unspecified atom stereocenters. The highest BCUT2D eigenvalue weighted by molar-refractivity contribution is 5.89. The van der Waals surface area contributed by atoms with E-state index in [9.17, 15) is 4.79 Å². The largest absolute Gasteiger partial charge is 0.478 e. The molecule has 0 fully saturated rings. The number of hydrogen-bond donors (Lipinski definition) is 1. The van der Waals surface area contributed by atoms with Crippen molar-refractivity contribution in [3.8, 4) is 0 Å². The van der Waals surface area contributed by atoms with Gasteiger partial charge in [0.25, 0.3) is 0 Å². The Hall–Kier alpha value is -1.61. The Morgan fingerprint density at radius 2 is 2.25 bits per heavy atom. The lowest BCUT2D eigenvalue weighted by atomic mass is 10.00. The zero-order chi connectivity index (χ0) is 12.0. The Bertz CT molecular complexity index is 371. The molecule has 0 heterocycles. The normalized spacial score (nSPS) is 12.1. The lowest BCUT2D eigenvalue weighted by molar-refractivity contribution is 0.0692. The van der Waals surface area contributed by atoms with Crippen LogP contribution in [0.25, 0.3) is 0 Å². The third-order valence-corrected chi connectivity index (χ3v) is 2.46. The third-order valence-electron chi connectivity index (χ3n) is 2.46. The summed E-state index contributed by atoms with van der Waals surface area (Å²) in [5.74, 6) is -0.899. The number of benzene rings is 1. The van der Waals surface area contributed by atoms with Gasteiger partial charge in [-0.2, -0.15) is 0 Å². The van der Waals surface area contributed by atoms with Gasteiger partial charge in [-0.3, -0.25) is 0 Å². The molecule has 0 aromatic heterocycles. The molecular weight excluding hydrogens is 204 g/mol. The number of ether oxygens (including phenoxy) is 1. The molecular formula is C13H16O3. The second-order valence-corrected chi connectivity index (χ2v) is 3.55. The number of carboxylic acids is 1. The Morgan fingerprint density at radius 3 is 2.81 bits per heavy atom. The molecule has 1 aromatic carbocycles. The van der Waals surface area contributed by atoms with Gasteiger partial charge in [-0.25, -0.2) is 4.79 Å². The summed E-state index contributed by atoms with van der Waals surface area (Å²) in [7, 11) is 1.62. The fraction of sp³-hybridized carbons (Fsp3) is 0.308. The van der Waals surface area contributed by atoms with E-state index >= 15 is 0 Å². The summed E-state index contributed by atoms with van der Waals surface area (Å²) in [6.45, 7) is 3.65. The van der Waals surface area contributed by atoms with E-state index in [0.29, 0.717) is 18.4 Å². The number of carboxylic acid groups (broad SMARTS) is 1. The standard InChI is InChI=1S/C13H16O3/c1-3-6-11(16-2)9-10-7-4-5-8-12(10)13(14)15/h3-5,7-8,11H,1,6,9H2,2H3,(H,14,15). The first-order valence-electron chi connectivity index (χ1n) is 5.14. The van der Waals surface area contributed by atoms with E-state index in [1.807, 2.05) is 12.1 Å². The van der Waals surface area contributed by atoms with Crippen LogP contribution in [0.5, 0.6) is 0 Å². The van der Waals surface area contributed by atoms with Crippen LogP contribution < -0.4 is 0 Å². The first-order valence-corrected chi connectivity index (χ1v) is 5.14. The minimum Gasteiger partial charge on any atom is -0.478 e. The smallest absolute Gasteiger partial charge is 0.335 e. The quantitative estimate of drug-likeness (QED) is 0.749. The zero-order valence-electron chi connectivity index (χ0n) is 9.35. The molecule has 0 aliphatic heterocycles. The van der Waals surface area contributed by atoms with Crippen molar-refractivity contribution in [2.75, 3.05) is 7.11 Å². The van der Waals surface area contributed by atoms with Gasteiger partial charge < -0.3 is 9.84 Å². The number of aromatic carboxylic acids is 1. The molecule has 3 nitrogen and oxygen atoms in total. The van der Waals surface area contributed by atoms with Gasteiger partial charge in [0.1, 0.15) is 0 Å². The van der Waals surface area contributed by atoms with Crippen LogP contribution in [0.1, 0.15) is 22.3 Å². The fourth-order valence-electron chi connectivity index (χ4n) is 1.60. The van der Waals surface area contributed by atoms with E-state index in [4.69, 9.17) is 9.84 Å². The van der Waals surface area contributed by atoms with Gasteiger partial charge in [0.2, 0.25) is 0 Å². The maximum Gasteiger partial charge on any atom is 0.335 e. The summed E-state index contributed by atoms with van der Waals surface area (Å²) in [4.78, 5) is 11.0. The van der Waals surface area contributed by atoms with Crippen molar-refractivity contribution in [1.82, 2.24) is 0 Å². The van der Waals surface area contributed by atoms with E-state index < -0.39 is 5.97 Å². The van der Waals surface area contributed by atoms with Gasteiger partial charge in [-0.15, -0.1) is 6.58 Å². The monoisotopic (exact) mass is 220 g/mol. The second kappa shape index (κ2) is 6.08. The predicted molar refractivity (Wildman–Crippen MR) is 62.7 cm³/mol. The van der Waals surface area contributed by atoms with Gasteiger partial charge in [-0.05, 0) is 24.5 Å². The van der Waals surface area contributed by atoms with Crippen LogP contribution in [-0.4, -0.2) is 24.3 Å². The molecule has 1 rings (SSSR count). The summed E-state index contributed by atoms with van der Waals surface area (Å²) in [6, 6.07) is 6.99. The molecule has 1 atom stereocenters. The van der Waals surface area contributed by atoms with E-state index in [1.165, 1.54) is 0 Å². The molecule has 3 heteroatoms. The maximum atomic E-state index is 11.0. The molecule has 0 amide bonds. The molecule has 0 bridgehead atoms. The van der Waals surface area contributed by atoms with Gasteiger partial charge in [-0.1, -0.05) is 24.3 Å². The fourth-order valence-corrected chi connectivity index (χ4v) is 1.60. The second-order valence-electron chi connectivity index (χ2n) is 3.55. The van der Waals surface area contributed by atoms with Crippen LogP contribution in [0.15, 0.2) is 36.9 Å². The summed E-state index contributed by atoms with van der Waals surface area (Å²) in [5, 5.41) is 9.02. The van der Waals surface area contributed by atoms with Crippen molar-refractivity contribution in [2.24, 2.45) is 0 Å². The van der Waals surface area contributed by atoms with Crippen molar-refractivity contribution >= 4 is 5.97 Å². The van der Waals surface area contributed by atoms with E-state index in [1.54, 1.807) is 25.3 Å². The van der Waals surface area contributed by atoms with E-state index in [0.717, 1.165) is 5.56 Å². The molecule has 1 N–H and O–H groups in total. The van der Waals surface area contributed by atoms with Crippen LogP contribution in [0.4, 0.5) is 0 Å². The molecule has 0 aliphatic carbocycles. The topological polar surface area (TPSA) is 46.5 Å². The SMILES string of the molecule is C=CCC(Cc1ccccc1C(=O)O)OC. The Labute approximate surface area is 95.4 Å². The first kappa shape index (κ1) is 12.5. The minimum atomic E-state index is -0.899. The van der Waals surface area contributed by atoms with Crippen molar-refractivity contribution < 1.29 is 14.6 Å². The molecule has 16 heavy (non-hydrogen) atoms. The summed E-state index contributed by atoms with van der Waals surface area (Å²) < 4.78 is 5.27. The molecule has 0 spiro atoms. The van der Waals surface area contributed by atoms with E-state index in [2.05, 4.69) is 6.58 Å². The van der Waals surface area contributed by atoms with Crippen molar-refractivity contribution in [3.05, 3.63) is 48.0 Å².